The molecule has 1 fully saturated rings. The molecule has 0 aliphatic carbocycles. The summed E-state index contributed by atoms with van der Waals surface area (Å²) in [6, 6.07) is 0. The Morgan fingerprint density at radius 3 is 3.42 bits per heavy atom. The summed E-state index contributed by atoms with van der Waals surface area (Å²) in [5.41, 5.74) is 0. The Labute approximate surface area is 86.7 Å². The maximum atomic E-state index is 5.31. The Morgan fingerprint density at radius 2 is 2.50 bits per heavy atom. The standard InChI is InChI=1S/C8H11NS3/c10-8-6-1-4-12-7(6)2-3-11-5-9-8/h2,6H,1,3-5H2,(H,9,10)/b7-2+. The van der Waals surface area contributed by atoms with Gasteiger partial charge in [-0.15, -0.1) is 23.5 Å². The molecule has 0 bridgehead atoms. The number of rotatable bonds is 0. The molecule has 4 heteroatoms. The fourth-order valence-corrected chi connectivity index (χ4v) is 3.93. The zero-order chi connectivity index (χ0) is 8.39. The van der Waals surface area contributed by atoms with Gasteiger partial charge in [-0.3, -0.25) is 0 Å². The highest BCUT2D eigenvalue weighted by atomic mass is 32.2. The lowest BCUT2D eigenvalue weighted by Crippen LogP contribution is -2.29. The van der Waals surface area contributed by atoms with Gasteiger partial charge in [-0.2, -0.15) is 0 Å². The summed E-state index contributed by atoms with van der Waals surface area (Å²) >= 11 is 9.18. The van der Waals surface area contributed by atoms with Crippen molar-refractivity contribution in [3.63, 3.8) is 0 Å². The SMILES string of the molecule is S=C1NCSC/C=C2/SCCC12. The van der Waals surface area contributed by atoms with Crippen LogP contribution in [0.25, 0.3) is 0 Å². The number of hydrogen-bond donors (Lipinski definition) is 1. The van der Waals surface area contributed by atoms with E-state index < -0.39 is 0 Å². The minimum absolute atomic E-state index is 0.547. The Bertz CT molecular complexity index is 224. The molecule has 1 atom stereocenters. The molecular formula is C8H11NS3. The number of fused-ring (bicyclic) bond motifs is 1. The molecule has 0 spiro atoms. The molecule has 2 aliphatic rings. The predicted octanol–water partition coefficient (Wildman–Crippen LogP) is 2.24. The van der Waals surface area contributed by atoms with Gasteiger partial charge in [-0.1, -0.05) is 18.3 Å². The molecule has 0 saturated carbocycles. The van der Waals surface area contributed by atoms with Gasteiger partial charge in [0.15, 0.2) is 0 Å². The largest absolute Gasteiger partial charge is 0.370 e. The lowest BCUT2D eigenvalue weighted by atomic mass is 10.1. The molecule has 1 unspecified atom stereocenters. The van der Waals surface area contributed by atoms with Crippen molar-refractivity contribution < 1.29 is 0 Å². The first-order valence-corrected chi connectivity index (χ1v) is 6.61. The normalized spacial score (nSPS) is 34.2. The molecule has 0 aromatic heterocycles. The van der Waals surface area contributed by atoms with Gasteiger partial charge in [0, 0.05) is 11.7 Å². The average Bonchev–Trinajstić information content (AvgIpc) is 2.47. The third-order valence-corrected chi connectivity index (χ3v) is 4.49. The summed E-state index contributed by atoms with van der Waals surface area (Å²) in [7, 11) is 0. The second-order valence-electron chi connectivity index (χ2n) is 2.85. The fourth-order valence-electron chi connectivity index (χ4n) is 1.44. The van der Waals surface area contributed by atoms with Crippen LogP contribution in [0.1, 0.15) is 6.42 Å². The molecule has 1 saturated heterocycles. The minimum atomic E-state index is 0.547. The van der Waals surface area contributed by atoms with Gasteiger partial charge < -0.3 is 5.32 Å². The number of thioether (sulfide) groups is 2. The highest BCUT2D eigenvalue weighted by molar-refractivity contribution is 8.03. The van der Waals surface area contributed by atoms with E-state index in [1.165, 1.54) is 17.1 Å². The van der Waals surface area contributed by atoms with Gasteiger partial charge >= 0.3 is 0 Å². The van der Waals surface area contributed by atoms with Crippen LogP contribution in [0.3, 0.4) is 0 Å². The molecular weight excluding hydrogens is 206 g/mol. The fraction of sp³-hybridized carbons (Fsp3) is 0.625. The molecule has 0 amide bonds. The molecule has 2 heterocycles. The van der Waals surface area contributed by atoms with Crippen LogP contribution in [0.4, 0.5) is 0 Å². The van der Waals surface area contributed by atoms with Crippen LogP contribution in [-0.2, 0) is 0 Å². The third kappa shape index (κ3) is 1.80. The predicted molar refractivity (Wildman–Crippen MR) is 61.7 cm³/mol. The van der Waals surface area contributed by atoms with Crippen molar-refractivity contribution in [3.8, 4) is 0 Å². The maximum Gasteiger partial charge on any atom is 0.0841 e. The van der Waals surface area contributed by atoms with Crippen molar-refractivity contribution in [1.82, 2.24) is 5.32 Å². The summed E-state index contributed by atoms with van der Waals surface area (Å²) in [6.07, 6.45) is 3.58. The Morgan fingerprint density at radius 1 is 1.58 bits per heavy atom. The maximum absolute atomic E-state index is 5.31. The van der Waals surface area contributed by atoms with E-state index in [2.05, 4.69) is 11.4 Å². The van der Waals surface area contributed by atoms with E-state index in [1.807, 2.05) is 23.5 Å². The van der Waals surface area contributed by atoms with Gasteiger partial charge in [0.25, 0.3) is 0 Å². The smallest absolute Gasteiger partial charge is 0.0841 e. The second-order valence-corrected chi connectivity index (χ2v) is 5.49. The molecule has 2 aliphatic heterocycles. The van der Waals surface area contributed by atoms with Crippen LogP contribution in [0.2, 0.25) is 0 Å². The summed E-state index contributed by atoms with van der Waals surface area (Å²) in [4.78, 5) is 2.55. The average molecular weight is 217 g/mol. The van der Waals surface area contributed by atoms with Crippen LogP contribution in [0, 0.1) is 5.92 Å². The first-order valence-electron chi connectivity index (χ1n) is 4.06. The van der Waals surface area contributed by atoms with Gasteiger partial charge in [0.05, 0.1) is 10.9 Å². The van der Waals surface area contributed by atoms with Crippen molar-refractivity contribution in [2.45, 2.75) is 6.42 Å². The summed E-state index contributed by atoms with van der Waals surface area (Å²) < 4.78 is 0. The molecule has 0 aromatic rings. The first-order chi connectivity index (χ1) is 5.88. The molecule has 1 nitrogen and oxygen atoms in total. The van der Waals surface area contributed by atoms with Crippen molar-refractivity contribution in [2.24, 2.45) is 5.92 Å². The third-order valence-electron chi connectivity index (χ3n) is 2.09. The Kier molecular flexibility index (Phi) is 2.99. The van der Waals surface area contributed by atoms with E-state index in [9.17, 15) is 0 Å². The lowest BCUT2D eigenvalue weighted by Gasteiger charge is -2.17. The topological polar surface area (TPSA) is 12.0 Å². The minimum Gasteiger partial charge on any atom is -0.370 e. The first kappa shape index (κ1) is 8.91. The van der Waals surface area contributed by atoms with E-state index in [1.54, 1.807) is 0 Å². The molecule has 66 valence electrons. The van der Waals surface area contributed by atoms with E-state index in [0.29, 0.717) is 5.92 Å². The van der Waals surface area contributed by atoms with Gasteiger partial charge in [0.2, 0.25) is 0 Å². The van der Waals surface area contributed by atoms with E-state index in [-0.39, 0.29) is 0 Å². The molecule has 2 rings (SSSR count). The highest BCUT2D eigenvalue weighted by Gasteiger charge is 2.25. The lowest BCUT2D eigenvalue weighted by molar-refractivity contribution is 0.817. The molecule has 1 N–H and O–H groups in total. The molecule has 0 radical (unpaired) electrons. The van der Waals surface area contributed by atoms with Crippen LogP contribution < -0.4 is 5.32 Å². The van der Waals surface area contributed by atoms with E-state index in [4.69, 9.17) is 12.2 Å². The zero-order valence-corrected chi connectivity index (χ0v) is 9.16. The van der Waals surface area contributed by atoms with Crippen molar-refractivity contribution in [2.75, 3.05) is 17.4 Å². The monoisotopic (exact) mass is 217 g/mol. The van der Waals surface area contributed by atoms with E-state index >= 15 is 0 Å². The molecule has 0 aromatic carbocycles. The van der Waals surface area contributed by atoms with Crippen LogP contribution in [0.15, 0.2) is 11.0 Å². The number of thiocarbonyl (C=S) groups is 1. The molecule has 12 heavy (non-hydrogen) atoms. The van der Waals surface area contributed by atoms with Gasteiger partial charge in [0.1, 0.15) is 0 Å². The van der Waals surface area contributed by atoms with Gasteiger partial charge in [-0.05, 0) is 17.1 Å². The quantitative estimate of drug-likeness (QED) is 0.624. The van der Waals surface area contributed by atoms with Crippen molar-refractivity contribution >= 4 is 40.7 Å². The van der Waals surface area contributed by atoms with Crippen LogP contribution in [0.5, 0.6) is 0 Å². The number of hydrogen-bond acceptors (Lipinski definition) is 3. The Hall–Kier alpha value is 0.330. The van der Waals surface area contributed by atoms with Gasteiger partial charge in [-0.25, -0.2) is 0 Å². The zero-order valence-electron chi connectivity index (χ0n) is 6.71. The summed E-state index contributed by atoms with van der Waals surface area (Å²) in [5, 5.41) is 3.30. The van der Waals surface area contributed by atoms with Crippen LogP contribution in [-0.4, -0.2) is 22.4 Å². The summed E-state index contributed by atoms with van der Waals surface area (Å²) in [6.45, 7) is 0. The summed E-state index contributed by atoms with van der Waals surface area (Å²) in [5.74, 6) is 3.90. The highest BCUT2D eigenvalue weighted by Crippen LogP contribution is 2.37. The second kappa shape index (κ2) is 4.03. The van der Waals surface area contributed by atoms with E-state index in [0.717, 1.165) is 16.6 Å². The van der Waals surface area contributed by atoms with Crippen LogP contribution >= 0.6 is 35.7 Å². The van der Waals surface area contributed by atoms with Crippen molar-refractivity contribution in [3.05, 3.63) is 11.0 Å². The van der Waals surface area contributed by atoms with Crippen molar-refractivity contribution in [1.29, 1.82) is 0 Å². The Balaban J connectivity index is 2.17. The number of nitrogens with one attached hydrogen (secondary N) is 1.